The molecular weight excluding hydrogens is 588 g/mol. The Labute approximate surface area is 229 Å². The average Bonchev–Trinajstić information content (AvgIpc) is 3.40. The van der Waals surface area contributed by atoms with Crippen molar-refractivity contribution in [2.75, 3.05) is 5.01 Å². The molecule has 1 aromatic heterocycles. The molecule has 3 aromatic rings. The van der Waals surface area contributed by atoms with Gasteiger partial charge in [0, 0.05) is 0 Å². The number of anilines is 1. The molecule has 18 heteroatoms. The summed E-state index contributed by atoms with van der Waals surface area (Å²) in [4.78, 5) is 35.5. The zero-order chi connectivity index (χ0) is 30.3. The van der Waals surface area contributed by atoms with Crippen molar-refractivity contribution in [1.82, 2.24) is 9.78 Å². The molecule has 0 bridgehead atoms. The fourth-order valence-electron chi connectivity index (χ4n) is 3.57. The number of rotatable bonds is 8. The predicted octanol–water partition coefficient (Wildman–Crippen LogP) is 1.20. The fourth-order valence-corrected chi connectivity index (χ4v) is 4.53. The third-order valence-electron chi connectivity index (χ3n) is 5.46. The van der Waals surface area contributed by atoms with Crippen LogP contribution in [-0.2, 0) is 29.8 Å². The highest BCUT2D eigenvalue weighted by Crippen LogP contribution is 2.28. The molecule has 1 aliphatic rings. The summed E-state index contributed by atoms with van der Waals surface area (Å²) in [6, 6.07) is 8.42. The van der Waals surface area contributed by atoms with Gasteiger partial charge in [-0.2, -0.15) is 36.7 Å². The van der Waals surface area contributed by atoms with Crippen LogP contribution >= 0.6 is 0 Å². The molecular formula is C23H16N4O12S2. The molecule has 0 atom stereocenters. The number of carboxylic acid groups (broad SMARTS) is 2. The fraction of sp³-hybridized carbons (Fsp3) is 0. The molecule has 0 saturated heterocycles. The molecule has 1 aliphatic heterocycles. The van der Waals surface area contributed by atoms with Crippen LogP contribution in [0.3, 0.4) is 0 Å². The van der Waals surface area contributed by atoms with Crippen molar-refractivity contribution in [3.63, 3.8) is 0 Å². The molecule has 0 unspecified atom stereocenters. The number of aliphatic carboxylic acids is 1. The van der Waals surface area contributed by atoms with Gasteiger partial charge in [-0.15, -0.1) is 0 Å². The Kier molecular flexibility index (Phi) is 7.33. The average molecular weight is 605 g/mol. The molecule has 212 valence electrons. The largest absolute Gasteiger partial charge is 0.493 e. The maximum Gasteiger partial charge on any atom is 0.357 e. The number of aromatic hydroxyl groups is 1. The lowest BCUT2D eigenvalue weighted by atomic mass is 10.1. The summed E-state index contributed by atoms with van der Waals surface area (Å²) in [5, 5.41) is 37.9. The third-order valence-corrected chi connectivity index (χ3v) is 7.20. The Morgan fingerprint density at radius 1 is 0.805 bits per heavy atom. The summed E-state index contributed by atoms with van der Waals surface area (Å²) < 4.78 is 64.0. The highest BCUT2D eigenvalue weighted by atomic mass is 32.2. The van der Waals surface area contributed by atoms with Gasteiger partial charge in [0.1, 0.15) is 0 Å². The van der Waals surface area contributed by atoms with E-state index in [-0.39, 0.29) is 16.9 Å². The van der Waals surface area contributed by atoms with E-state index in [1.807, 2.05) is 0 Å². The van der Waals surface area contributed by atoms with E-state index in [4.69, 9.17) is 9.11 Å². The van der Waals surface area contributed by atoms with Crippen molar-refractivity contribution in [2.45, 2.75) is 9.79 Å². The number of aromatic carboxylic acids is 1. The second-order valence-corrected chi connectivity index (χ2v) is 10.9. The van der Waals surface area contributed by atoms with Gasteiger partial charge in [-0.25, -0.2) is 9.59 Å². The van der Waals surface area contributed by atoms with Gasteiger partial charge in [0.25, 0.3) is 26.1 Å². The van der Waals surface area contributed by atoms with Crippen LogP contribution in [0.25, 0.3) is 11.8 Å². The van der Waals surface area contributed by atoms with Gasteiger partial charge in [-0.3, -0.25) is 13.9 Å². The van der Waals surface area contributed by atoms with Crippen molar-refractivity contribution in [3.8, 4) is 11.6 Å². The molecule has 0 spiro atoms. The second-order valence-electron chi connectivity index (χ2n) is 8.05. The zero-order valence-electron chi connectivity index (χ0n) is 20.1. The summed E-state index contributed by atoms with van der Waals surface area (Å²) in [5.74, 6) is -4.80. The molecule has 0 saturated carbocycles. The second kappa shape index (κ2) is 10.4. The molecule has 2 aromatic carbocycles. The van der Waals surface area contributed by atoms with E-state index in [0.29, 0.717) is 5.01 Å². The Bertz CT molecular complexity index is 1910. The summed E-state index contributed by atoms with van der Waals surface area (Å²) in [6.45, 7) is 0. The first-order valence-corrected chi connectivity index (χ1v) is 13.7. The number of benzene rings is 2. The number of nitrogens with zero attached hydrogens (tertiary/aromatic N) is 4. The van der Waals surface area contributed by atoms with E-state index in [0.717, 1.165) is 71.4 Å². The monoisotopic (exact) mass is 604 g/mol. The van der Waals surface area contributed by atoms with Gasteiger partial charge in [0.05, 0.1) is 32.3 Å². The van der Waals surface area contributed by atoms with Crippen LogP contribution in [0.15, 0.2) is 81.1 Å². The normalized spacial score (nSPS) is 15.1. The van der Waals surface area contributed by atoms with Crippen molar-refractivity contribution in [1.29, 1.82) is 0 Å². The molecule has 0 aliphatic carbocycles. The van der Waals surface area contributed by atoms with E-state index >= 15 is 0 Å². The zero-order valence-corrected chi connectivity index (χ0v) is 21.7. The molecule has 41 heavy (non-hydrogen) atoms. The number of amides is 1. The highest BCUT2D eigenvalue weighted by molar-refractivity contribution is 7.86. The van der Waals surface area contributed by atoms with Crippen LogP contribution in [0.5, 0.6) is 5.88 Å². The Balaban J connectivity index is 1.69. The lowest BCUT2D eigenvalue weighted by Crippen LogP contribution is -2.22. The van der Waals surface area contributed by atoms with Crippen molar-refractivity contribution in [2.24, 2.45) is 5.10 Å². The Morgan fingerprint density at radius 2 is 1.32 bits per heavy atom. The highest BCUT2D eigenvalue weighted by Gasteiger charge is 2.35. The number of allylic oxidation sites excluding steroid dienone is 2. The van der Waals surface area contributed by atoms with E-state index in [2.05, 4.69) is 10.2 Å². The first-order valence-electron chi connectivity index (χ1n) is 10.9. The number of carboxylic acids is 2. The number of aromatic nitrogens is 2. The summed E-state index contributed by atoms with van der Waals surface area (Å²) in [5.41, 5.74) is -2.16. The minimum absolute atomic E-state index is 0.0253. The van der Waals surface area contributed by atoms with Gasteiger partial charge < -0.3 is 15.3 Å². The number of carbonyl (C=O) groups excluding carboxylic acids is 1. The molecule has 0 fully saturated rings. The minimum atomic E-state index is -4.52. The van der Waals surface area contributed by atoms with Crippen molar-refractivity contribution < 1.29 is 55.6 Å². The third kappa shape index (κ3) is 5.75. The van der Waals surface area contributed by atoms with Gasteiger partial charge in [0.15, 0.2) is 11.4 Å². The van der Waals surface area contributed by atoms with Crippen LogP contribution in [0, 0.1) is 0 Å². The summed E-state index contributed by atoms with van der Waals surface area (Å²) in [6.07, 6.45) is 3.08. The van der Waals surface area contributed by atoms with Gasteiger partial charge in [0.2, 0.25) is 5.88 Å². The van der Waals surface area contributed by atoms with Crippen LogP contribution < -0.4 is 5.01 Å². The van der Waals surface area contributed by atoms with E-state index < -0.39 is 70.7 Å². The van der Waals surface area contributed by atoms with Gasteiger partial charge in [-0.05, 0) is 60.7 Å². The quantitative estimate of drug-likeness (QED) is 0.179. The maximum absolute atomic E-state index is 12.9. The van der Waals surface area contributed by atoms with Crippen LogP contribution in [0.4, 0.5) is 5.69 Å². The number of carbonyl (C=O) groups is 3. The van der Waals surface area contributed by atoms with Gasteiger partial charge in [-0.1, -0.05) is 6.08 Å². The van der Waals surface area contributed by atoms with Crippen molar-refractivity contribution >= 4 is 55.6 Å². The van der Waals surface area contributed by atoms with Crippen LogP contribution in [0.2, 0.25) is 0 Å². The van der Waals surface area contributed by atoms with Crippen molar-refractivity contribution in [3.05, 3.63) is 77.5 Å². The topological polar surface area (TPSA) is 254 Å². The van der Waals surface area contributed by atoms with Crippen LogP contribution in [-0.4, -0.2) is 74.6 Å². The summed E-state index contributed by atoms with van der Waals surface area (Å²) >= 11 is 0. The molecule has 1 amide bonds. The number of hydrogen-bond acceptors (Lipinski definition) is 10. The molecule has 0 radical (unpaired) electrons. The molecule has 2 heterocycles. The summed E-state index contributed by atoms with van der Waals surface area (Å²) in [7, 11) is -9.04. The van der Waals surface area contributed by atoms with Gasteiger partial charge >= 0.3 is 11.9 Å². The first-order chi connectivity index (χ1) is 19.1. The molecule has 16 nitrogen and oxygen atoms in total. The maximum atomic E-state index is 12.9. The first kappa shape index (κ1) is 28.8. The van der Waals surface area contributed by atoms with Crippen LogP contribution in [0.1, 0.15) is 16.1 Å². The SMILES string of the molecule is O=C(O)C1=NN(c2ccc(S(=O)(=O)O)cc2)C(=O)C1=CC=Cc1c(C(=O)O)nn(-c2ccc(S(=O)(=O)O)cc2)c1O. The lowest BCUT2D eigenvalue weighted by molar-refractivity contribution is -0.129. The molecule has 4 rings (SSSR count). The van der Waals surface area contributed by atoms with E-state index in [9.17, 15) is 46.5 Å². The predicted molar refractivity (Wildman–Crippen MR) is 138 cm³/mol. The minimum Gasteiger partial charge on any atom is -0.493 e. The molecule has 5 N–H and O–H groups in total. The van der Waals surface area contributed by atoms with E-state index in [1.54, 1.807) is 0 Å². The Hall–Kier alpha value is -5.17. The Morgan fingerprint density at radius 3 is 1.78 bits per heavy atom. The standard InChI is InChI=1S/C23H16N4O12S2/c28-20-16(18(22(30)31)24-26(20)12-4-8-14(9-5-12)40(34,35)36)2-1-3-17-19(23(32)33)25-27(21(17)29)13-6-10-15(11-7-13)41(37,38)39/h1-11,28H,(H,30,31)(H,32,33)(H,34,35,36)(H,37,38,39). The van der Waals surface area contributed by atoms with E-state index in [1.165, 1.54) is 0 Å². The number of hydrogen-bond donors (Lipinski definition) is 5. The number of hydrazone groups is 1. The smallest absolute Gasteiger partial charge is 0.357 e. The lowest BCUT2D eigenvalue weighted by Gasteiger charge is -2.11.